The molecule has 3 N–H and O–H groups in total. The number of nitrogen functional groups attached to an aromatic ring is 1. The number of aromatic nitrogens is 1. The summed E-state index contributed by atoms with van der Waals surface area (Å²) < 4.78 is 0. The highest BCUT2D eigenvalue weighted by atomic mass is 14.8. The molecular formula is C11H12N2. The van der Waals surface area contributed by atoms with Gasteiger partial charge in [-0.25, -0.2) is 0 Å². The third kappa shape index (κ3) is 1.43. The fraction of sp³-hybridized carbons (Fsp3) is 0.0909. The van der Waals surface area contributed by atoms with Crippen LogP contribution < -0.4 is 5.73 Å². The number of nitrogens with two attached hydrogens (primary N) is 1. The standard InChI is InChI=1S/C11H12N2/c1-8-7-10(12)11(13-8)9-5-3-2-4-6-9/h2-7,13H,12H2,1H3. The highest BCUT2D eigenvalue weighted by molar-refractivity contribution is 5.73. The monoisotopic (exact) mass is 172 g/mol. The van der Waals surface area contributed by atoms with Crippen molar-refractivity contribution in [2.75, 3.05) is 5.73 Å². The maximum Gasteiger partial charge on any atom is 0.0689 e. The van der Waals surface area contributed by atoms with Crippen LogP contribution >= 0.6 is 0 Å². The molecular weight excluding hydrogens is 160 g/mol. The van der Waals surface area contributed by atoms with Gasteiger partial charge >= 0.3 is 0 Å². The maximum absolute atomic E-state index is 5.84. The lowest BCUT2D eigenvalue weighted by Gasteiger charge is -1.98. The van der Waals surface area contributed by atoms with Crippen LogP contribution in [0.2, 0.25) is 0 Å². The molecule has 2 aromatic rings. The van der Waals surface area contributed by atoms with Gasteiger partial charge in [-0.1, -0.05) is 30.3 Å². The molecule has 0 saturated heterocycles. The van der Waals surface area contributed by atoms with Crippen LogP contribution in [0.25, 0.3) is 11.3 Å². The van der Waals surface area contributed by atoms with Crippen molar-refractivity contribution in [1.82, 2.24) is 4.98 Å². The molecule has 0 amide bonds. The van der Waals surface area contributed by atoms with E-state index in [9.17, 15) is 0 Å². The van der Waals surface area contributed by atoms with Crippen LogP contribution in [0.15, 0.2) is 36.4 Å². The second kappa shape index (κ2) is 2.98. The summed E-state index contributed by atoms with van der Waals surface area (Å²) in [6, 6.07) is 12.0. The minimum absolute atomic E-state index is 0.809. The number of benzene rings is 1. The van der Waals surface area contributed by atoms with Crippen molar-refractivity contribution in [3.05, 3.63) is 42.1 Å². The summed E-state index contributed by atoms with van der Waals surface area (Å²) in [5.41, 5.74) is 9.89. The molecule has 0 atom stereocenters. The minimum atomic E-state index is 0.809. The molecule has 2 nitrogen and oxygen atoms in total. The van der Waals surface area contributed by atoms with Gasteiger partial charge in [0.1, 0.15) is 0 Å². The van der Waals surface area contributed by atoms with E-state index in [0.717, 1.165) is 22.6 Å². The van der Waals surface area contributed by atoms with Crippen molar-refractivity contribution in [3.8, 4) is 11.3 Å². The van der Waals surface area contributed by atoms with Gasteiger partial charge in [0.05, 0.1) is 11.4 Å². The van der Waals surface area contributed by atoms with Gasteiger partial charge in [0.15, 0.2) is 0 Å². The zero-order chi connectivity index (χ0) is 9.26. The second-order valence-corrected chi connectivity index (χ2v) is 3.15. The van der Waals surface area contributed by atoms with E-state index in [1.807, 2.05) is 43.3 Å². The van der Waals surface area contributed by atoms with Crippen LogP contribution in [0.3, 0.4) is 0 Å². The summed E-state index contributed by atoms with van der Waals surface area (Å²) >= 11 is 0. The van der Waals surface area contributed by atoms with Crippen LogP contribution in [0.1, 0.15) is 5.69 Å². The molecule has 1 heterocycles. The smallest absolute Gasteiger partial charge is 0.0689 e. The quantitative estimate of drug-likeness (QED) is 0.682. The van der Waals surface area contributed by atoms with Gasteiger partial charge in [-0.15, -0.1) is 0 Å². The van der Waals surface area contributed by atoms with Crippen LogP contribution in [0, 0.1) is 6.92 Å². The Bertz CT molecular complexity index is 401. The first kappa shape index (κ1) is 7.92. The first-order chi connectivity index (χ1) is 6.27. The molecule has 0 aliphatic rings. The average molecular weight is 172 g/mol. The number of aryl methyl sites for hydroxylation is 1. The Morgan fingerprint density at radius 3 is 2.38 bits per heavy atom. The van der Waals surface area contributed by atoms with E-state index in [0.29, 0.717) is 0 Å². The Hall–Kier alpha value is -1.70. The van der Waals surface area contributed by atoms with Crippen molar-refractivity contribution in [2.45, 2.75) is 6.92 Å². The molecule has 2 heteroatoms. The van der Waals surface area contributed by atoms with Crippen LogP contribution in [-0.2, 0) is 0 Å². The molecule has 13 heavy (non-hydrogen) atoms. The van der Waals surface area contributed by atoms with Crippen molar-refractivity contribution in [2.24, 2.45) is 0 Å². The highest BCUT2D eigenvalue weighted by Gasteiger charge is 2.03. The van der Waals surface area contributed by atoms with Crippen LogP contribution in [0.5, 0.6) is 0 Å². The van der Waals surface area contributed by atoms with E-state index in [-0.39, 0.29) is 0 Å². The van der Waals surface area contributed by atoms with Gasteiger partial charge < -0.3 is 10.7 Å². The van der Waals surface area contributed by atoms with Gasteiger partial charge in [-0.2, -0.15) is 0 Å². The third-order valence-corrected chi connectivity index (χ3v) is 2.05. The molecule has 0 aliphatic carbocycles. The van der Waals surface area contributed by atoms with Gasteiger partial charge in [0.25, 0.3) is 0 Å². The van der Waals surface area contributed by atoms with Gasteiger partial charge in [0.2, 0.25) is 0 Å². The average Bonchev–Trinajstić information content (AvgIpc) is 2.47. The molecule has 0 radical (unpaired) electrons. The molecule has 0 unspecified atom stereocenters. The number of aromatic amines is 1. The van der Waals surface area contributed by atoms with E-state index in [1.165, 1.54) is 0 Å². The Morgan fingerprint density at radius 2 is 1.85 bits per heavy atom. The van der Waals surface area contributed by atoms with Gasteiger partial charge in [0, 0.05) is 11.3 Å². The van der Waals surface area contributed by atoms with E-state index in [4.69, 9.17) is 5.73 Å². The third-order valence-electron chi connectivity index (χ3n) is 2.05. The summed E-state index contributed by atoms with van der Waals surface area (Å²) in [6.45, 7) is 2.00. The van der Waals surface area contributed by atoms with E-state index < -0.39 is 0 Å². The van der Waals surface area contributed by atoms with Crippen LogP contribution in [-0.4, -0.2) is 4.98 Å². The number of anilines is 1. The Balaban J connectivity index is 2.53. The molecule has 0 fully saturated rings. The number of H-pyrrole nitrogens is 1. The zero-order valence-electron chi connectivity index (χ0n) is 7.54. The summed E-state index contributed by atoms with van der Waals surface area (Å²) in [5.74, 6) is 0. The molecule has 0 spiro atoms. The van der Waals surface area contributed by atoms with E-state index in [2.05, 4.69) is 4.98 Å². The molecule has 1 aromatic heterocycles. The van der Waals surface area contributed by atoms with E-state index in [1.54, 1.807) is 0 Å². The number of hydrogen-bond acceptors (Lipinski definition) is 1. The van der Waals surface area contributed by atoms with Crippen molar-refractivity contribution < 1.29 is 0 Å². The van der Waals surface area contributed by atoms with Crippen molar-refractivity contribution in [1.29, 1.82) is 0 Å². The molecule has 66 valence electrons. The molecule has 2 rings (SSSR count). The predicted molar refractivity (Wildman–Crippen MR) is 55.4 cm³/mol. The summed E-state index contributed by atoms with van der Waals surface area (Å²) in [5, 5.41) is 0. The largest absolute Gasteiger partial charge is 0.397 e. The Kier molecular flexibility index (Phi) is 1.81. The van der Waals surface area contributed by atoms with E-state index >= 15 is 0 Å². The normalized spacial score (nSPS) is 10.2. The number of nitrogens with one attached hydrogen (secondary N) is 1. The van der Waals surface area contributed by atoms with Crippen molar-refractivity contribution >= 4 is 5.69 Å². The Labute approximate surface area is 77.4 Å². The predicted octanol–water partition coefficient (Wildman–Crippen LogP) is 2.57. The summed E-state index contributed by atoms with van der Waals surface area (Å²) in [6.07, 6.45) is 0. The topological polar surface area (TPSA) is 41.8 Å². The second-order valence-electron chi connectivity index (χ2n) is 3.15. The van der Waals surface area contributed by atoms with Gasteiger partial charge in [-0.3, -0.25) is 0 Å². The highest BCUT2D eigenvalue weighted by Crippen LogP contribution is 2.24. The zero-order valence-corrected chi connectivity index (χ0v) is 7.54. The van der Waals surface area contributed by atoms with Crippen LogP contribution in [0.4, 0.5) is 5.69 Å². The van der Waals surface area contributed by atoms with Gasteiger partial charge in [-0.05, 0) is 13.0 Å². The first-order valence-electron chi connectivity index (χ1n) is 4.28. The first-order valence-corrected chi connectivity index (χ1v) is 4.28. The fourth-order valence-corrected chi connectivity index (χ4v) is 1.45. The maximum atomic E-state index is 5.84. The fourth-order valence-electron chi connectivity index (χ4n) is 1.45. The number of rotatable bonds is 1. The SMILES string of the molecule is Cc1cc(N)c(-c2ccccc2)[nH]1. The molecule has 0 bridgehead atoms. The summed E-state index contributed by atoms with van der Waals surface area (Å²) in [4.78, 5) is 3.24. The van der Waals surface area contributed by atoms with Crippen molar-refractivity contribution in [3.63, 3.8) is 0 Å². The lowest BCUT2D eigenvalue weighted by atomic mass is 10.1. The lowest BCUT2D eigenvalue weighted by Crippen LogP contribution is -1.85. The summed E-state index contributed by atoms with van der Waals surface area (Å²) in [7, 11) is 0. The Morgan fingerprint density at radius 1 is 1.15 bits per heavy atom. The molecule has 0 aliphatic heterocycles. The lowest BCUT2D eigenvalue weighted by molar-refractivity contribution is 1.27. The minimum Gasteiger partial charge on any atom is -0.397 e. The molecule has 0 saturated carbocycles. The number of hydrogen-bond donors (Lipinski definition) is 2. The molecule has 1 aromatic carbocycles.